The minimum Gasteiger partial charge on any atom is -0.471 e. The van der Waals surface area contributed by atoms with E-state index in [1.165, 1.54) is 9.00 Å². The molecule has 2 unspecified atom stereocenters. The van der Waals surface area contributed by atoms with Crippen LogP contribution >= 0.6 is 22.7 Å². The van der Waals surface area contributed by atoms with Gasteiger partial charge in [-0.1, -0.05) is 12.1 Å². The zero-order valence-corrected chi connectivity index (χ0v) is 17.6. The van der Waals surface area contributed by atoms with Gasteiger partial charge in [-0.3, -0.25) is 0 Å². The molecule has 128 valence electrons. The molecular formula is C18H18O3S2Si2. The van der Waals surface area contributed by atoms with Crippen LogP contribution in [0.5, 0.6) is 0 Å². The van der Waals surface area contributed by atoms with E-state index >= 15 is 0 Å². The van der Waals surface area contributed by atoms with Gasteiger partial charge in [0.2, 0.25) is 0 Å². The first-order valence-electron chi connectivity index (χ1n) is 7.99. The van der Waals surface area contributed by atoms with Crippen LogP contribution in [0.25, 0.3) is 0 Å². The number of thiophene rings is 2. The zero-order valence-electron chi connectivity index (χ0n) is 14.0. The second kappa shape index (κ2) is 6.58. The minimum atomic E-state index is -2.48. The van der Waals surface area contributed by atoms with Crippen LogP contribution in [0.1, 0.15) is 0 Å². The molecule has 4 aromatic heterocycles. The molecule has 0 N–H and O–H groups in total. The maximum absolute atomic E-state index is 7.11. The Balaban J connectivity index is 1.85. The Morgan fingerprint density at radius 3 is 1.52 bits per heavy atom. The summed E-state index contributed by atoms with van der Waals surface area (Å²) in [5.74, 6) is 0. The van der Waals surface area contributed by atoms with E-state index in [9.17, 15) is 0 Å². The second-order valence-corrected chi connectivity index (χ2v) is 15.7. The SMILES string of the molecule is C[Si](O[Si](C)(c1ccco1)c1cccs1)(c1ccco1)c1cccs1. The summed E-state index contributed by atoms with van der Waals surface area (Å²) in [5.41, 5.74) is 0. The van der Waals surface area contributed by atoms with Gasteiger partial charge in [-0.2, -0.15) is 22.7 Å². The van der Waals surface area contributed by atoms with Crippen LogP contribution in [0, 0.1) is 0 Å². The number of rotatable bonds is 6. The normalized spacial score (nSPS) is 16.4. The van der Waals surface area contributed by atoms with Gasteiger partial charge in [0.1, 0.15) is 10.8 Å². The van der Waals surface area contributed by atoms with E-state index in [0.717, 1.165) is 10.8 Å². The van der Waals surface area contributed by atoms with Gasteiger partial charge in [-0.15, -0.1) is 0 Å². The molecule has 4 heterocycles. The fourth-order valence-corrected chi connectivity index (χ4v) is 15.1. The fourth-order valence-electron chi connectivity index (χ4n) is 3.05. The minimum absolute atomic E-state index is 0.941. The lowest BCUT2D eigenvalue weighted by molar-refractivity contribution is 0.525. The van der Waals surface area contributed by atoms with Gasteiger partial charge >= 0.3 is 0 Å². The second-order valence-electron chi connectivity index (χ2n) is 6.08. The Morgan fingerprint density at radius 1 is 0.720 bits per heavy atom. The fraction of sp³-hybridized carbons (Fsp3) is 0.111. The maximum atomic E-state index is 7.11. The van der Waals surface area contributed by atoms with Crippen molar-refractivity contribution in [2.24, 2.45) is 0 Å². The van der Waals surface area contributed by atoms with Crippen molar-refractivity contribution in [2.75, 3.05) is 0 Å². The quantitative estimate of drug-likeness (QED) is 0.465. The van der Waals surface area contributed by atoms with Crippen LogP contribution in [0.3, 0.4) is 0 Å². The van der Waals surface area contributed by atoms with Crippen LogP contribution in [0.2, 0.25) is 13.1 Å². The predicted octanol–water partition coefficient (Wildman–Crippen LogP) is 3.09. The van der Waals surface area contributed by atoms with Gasteiger partial charge in [0.05, 0.1) is 12.5 Å². The van der Waals surface area contributed by atoms with Crippen molar-refractivity contribution in [3.8, 4) is 0 Å². The average molecular weight is 403 g/mol. The molecule has 4 aromatic rings. The Labute approximate surface area is 156 Å². The van der Waals surface area contributed by atoms with Gasteiger partial charge in [-0.25, -0.2) is 0 Å². The molecule has 0 aliphatic carbocycles. The van der Waals surface area contributed by atoms with Crippen LogP contribution in [0.15, 0.2) is 80.7 Å². The molecule has 0 saturated carbocycles. The van der Waals surface area contributed by atoms with E-state index in [0.29, 0.717) is 0 Å². The molecule has 25 heavy (non-hydrogen) atoms. The summed E-state index contributed by atoms with van der Waals surface area (Å²) >= 11 is 3.47. The molecule has 0 saturated heterocycles. The van der Waals surface area contributed by atoms with E-state index in [1.54, 1.807) is 35.2 Å². The van der Waals surface area contributed by atoms with Crippen molar-refractivity contribution < 1.29 is 12.9 Å². The third-order valence-corrected chi connectivity index (χ3v) is 16.7. The smallest absolute Gasteiger partial charge is 0.292 e. The predicted molar refractivity (Wildman–Crippen MR) is 109 cm³/mol. The van der Waals surface area contributed by atoms with E-state index < -0.39 is 16.6 Å². The molecule has 0 bridgehead atoms. The molecule has 0 amide bonds. The first-order chi connectivity index (χ1) is 12.1. The lowest BCUT2D eigenvalue weighted by Crippen LogP contribution is -2.69. The summed E-state index contributed by atoms with van der Waals surface area (Å²) in [6, 6.07) is 16.4. The third-order valence-electron chi connectivity index (χ3n) is 4.37. The average Bonchev–Trinajstić information content (AvgIpc) is 3.45. The van der Waals surface area contributed by atoms with E-state index in [2.05, 4.69) is 48.1 Å². The Hall–Kier alpha value is -1.65. The van der Waals surface area contributed by atoms with E-state index in [-0.39, 0.29) is 0 Å². The Morgan fingerprint density at radius 2 is 1.20 bits per heavy atom. The summed E-state index contributed by atoms with van der Waals surface area (Å²) in [5, 5.41) is 6.08. The van der Waals surface area contributed by atoms with Gasteiger partial charge in [-0.05, 0) is 60.3 Å². The Bertz CT molecular complexity index is 753. The molecule has 0 spiro atoms. The first kappa shape index (κ1) is 16.8. The van der Waals surface area contributed by atoms with Crippen LogP contribution in [-0.2, 0) is 4.12 Å². The first-order valence-corrected chi connectivity index (χ1v) is 14.6. The monoisotopic (exact) mass is 402 g/mol. The maximum Gasteiger partial charge on any atom is 0.292 e. The summed E-state index contributed by atoms with van der Waals surface area (Å²) in [4.78, 5) is 0. The molecule has 0 radical (unpaired) electrons. The number of hydrogen-bond donors (Lipinski definition) is 0. The van der Waals surface area contributed by atoms with Gasteiger partial charge in [0, 0.05) is 9.00 Å². The van der Waals surface area contributed by atoms with Gasteiger partial charge in [0.25, 0.3) is 16.6 Å². The summed E-state index contributed by atoms with van der Waals surface area (Å²) in [7, 11) is -4.97. The zero-order chi connectivity index (χ0) is 17.3. The van der Waals surface area contributed by atoms with Crippen molar-refractivity contribution in [1.29, 1.82) is 0 Å². The van der Waals surface area contributed by atoms with E-state index in [4.69, 9.17) is 12.9 Å². The highest BCUT2D eigenvalue weighted by Gasteiger charge is 2.49. The summed E-state index contributed by atoms with van der Waals surface area (Å²) in [6.07, 6.45) is 3.46. The van der Waals surface area contributed by atoms with Crippen molar-refractivity contribution in [3.63, 3.8) is 0 Å². The molecule has 0 aromatic carbocycles. The lowest BCUT2D eigenvalue weighted by atomic mass is 10.7. The van der Waals surface area contributed by atoms with Crippen molar-refractivity contribution in [2.45, 2.75) is 13.1 Å². The standard InChI is InChI=1S/C18H18O3S2Si2/c1-24(15-7-3-11-19-15,17-9-5-13-22-17)21-25(2,16-8-4-12-20-16)18-10-6-14-23-18/h3-14H,1-2H3. The largest absolute Gasteiger partial charge is 0.471 e. The highest BCUT2D eigenvalue weighted by Crippen LogP contribution is 2.20. The number of furan rings is 2. The summed E-state index contributed by atoms with van der Waals surface area (Å²) in [6.45, 7) is 4.44. The molecule has 0 aliphatic rings. The molecule has 3 nitrogen and oxygen atoms in total. The molecular weight excluding hydrogens is 385 g/mol. The van der Waals surface area contributed by atoms with Gasteiger partial charge in [0.15, 0.2) is 0 Å². The highest BCUT2D eigenvalue weighted by atomic mass is 32.1. The van der Waals surface area contributed by atoms with Crippen LogP contribution in [-0.4, -0.2) is 16.6 Å². The lowest BCUT2D eigenvalue weighted by Gasteiger charge is -2.34. The summed E-state index contributed by atoms with van der Waals surface area (Å²) < 4.78 is 21.3. The molecule has 0 fully saturated rings. The third kappa shape index (κ3) is 2.92. The van der Waals surface area contributed by atoms with Crippen molar-refractivity contribution in [1.82, 2.24) is 0 Å². The Kier molecular flexibility index (Phi) is 4.42. The highest BCUT2D eigenvalue weighted by molar-refractivity contribution is 7.31. The van der Waals surface area contributed by atoms with Crippen LogP contribution < -0.4 is 19.8 Å². The van der Waals surface area contributed by atoms with E-state index in [1.807, 2.05) is 24.3 Å². The van der Waals surface area contributed by atoms with Crippen LogP contribution in [0.4, 0.5) is 0 Å². The van der Waals surface area contributed by atoms with Gasteiger partial charge < -0.3 is 12.9 Å². The van der Waals surface area contributed by atoms with Crippen molar-refractivity contribution >= 4 is 59.1 Å². The molecule has 7 heteroatoms. The topological polar surface area (TPSA) is 35.5 Å². The van der Waals surface area contributed by atoms with Crippen molar-refractivity contribution in [3.05, 3.63) is 71.8 Å². The number of hydrogen-bond acceptors (Lipinski definition) is 5. The molecule has 2 atom stereocenters. The molecule has 0 aliphatic heterocycles. The molecule has 4 rings (SSSR count).